The highest BCUT2D eigenvalue weighted by Gasteiger charge is 2.49. The number of piperidine rings is 1. The molecule has 14 nitrogen and oxygen atoms in total. The number of halogens is 4. The lowest BCUT2D eigenvalue weighted by atomic mass is 9.71. The number of sulfone groups is 1. The van der Waals surface area contributed by atoms with Crippen molar-refractivity contribution < 1.29 is 44.3 Å². The van der Waals surface area contributed by atoms with E-state index in [4.69, 9.17) is 21.1 Å². The molecule has 78 heavy (non-hydrogen) atoms. The number of anilines is 2. The number of amides is 1. The Kier molecular flexibility index (Phi) is 19.6. The molecule has 4 aliphatic heterocycles. The van der Waals surface area contributed by atoms with Gasteiger partial charge in [-0.1, -0.05) is 54.4 Å². The maximum atomic E-state index is 14.3. The van der Waals surface area contributed by atoms with E-state index in [0.717, 1.165) is 139 Å². The van der Waals surface area contributed by atoms with Crippen LogP contribution in [0.2, 0.25) is 5.02 Å². The number of morpholine rings is 1. The molecule has 1 aliphatic carbocycles. The third kappa shape index (κ3) is 15.2. The lowest BCUT2D eigenvalue weighted by Crippen LogP contribution is -2.51. The molecule has 4 fully saturated rings. The van der Waals surface area contributed by atoms with Crippen molar-refractivity contribution in [2.45, 2.75) is 84.1 Å². The molecule has 4 saturated heterocycles. The highest BCUT2D eigenvalue weighted by molar-refractivity contribution is 7.99. The van der Waals surface area contributed by atoms with Crippen molar-refractivity contribution in [1.82, 2.24) is 24.3 Å². The van der Waals surface area contributed by atoms with Gasteiger partial charge in [0.2, 0.25) is 0 Å². The Bertz CT molecular complexity index is 2900. The second-order valence-corrected chi connectivity index (χ2v) is 26.8. The predicted octanol–water partition coefficient (Wildman–Crippen LogP) is 9.00. The molecule has 0 saturated carbocycles. The summed E-state index contributed by atoms with van der Waals surface area (Å²) in [6, 6.07) is 26.7. The summed E-state index contributed by atoms with van der Waals surface area (Å²) in [6.07, 6.45) is 6.82. The second-order valence-electron chi connectivity index (χ2n) is 21.6. The van der Waals surface area contributed by atoms with E-state index in [2.05, 4.69) is 48.9 Å². The van der Waals surface area contributed by atoms with Crippen LogP contribution in [0.3, 0.4) is 0 Å². The van der Waals surface area contributed by atoms with Gasteiger partial charge in [-0.25, -0.2) is 21.6 Å². The van der Waals surface area contributed by atoms with E-state index in [-0.39, 0.29) is 11.0 Å². The quantitative estimate of drug-likeness (QED) is 0.0862. The topological polar surface area (TPSA) is 144 Å². The molecule has 4 heterocycles. The molecule has 21 heteroatoms. The molecule has 5 aliphatic rings. The van der Waals surface area contributed by atoms with Crippen molar-refractivity contribution in [3.8, 4) is 0 Å². The normalized spacial score (nSPS) is 21.8. The lowest BCUT2D eigenvalue weighted by molar-refractivity contribution is -0.0436. The molecule has 2 atom stereocenters. The Balaban J connectivity index is 0.830. The van der Waals surface area contributed by atoms with Gasteiger partial charge in [0.05, 0.1) is 30.4 Å². The van der Waals surface area contributed by atoms with E-state index in [1.807, 2.05) is 47.2 Å². The minimum absolute atomic E-state index is 0.000555. The van der Waals surface area contributed by atoms with Gasteiger partial charge in [0.25, 0.3) is 25.8 Å². The maximum absolute atomic E-state index is 14.3. The largest absolute Gasteiger partial charge is 0.501 e. The molecule has 0 aromatic heterocycles. The van der Waals surface area contributed by atoms with Crippen molar-refractivity contribution in [3.05, 3.63) is 119 Å². The van der Waals surface area contributed by atoms with Gasteiger partial charge < -0.3 is 29.5 Å². The van der Waals surface area contributed by atoms with E-state index < -0.39 is 52.8 Å². The Hall–Kier alpha value is -4.22. The van der Waals surface area contributed by atoms with Crippen LogP contribution in [0, 0.1) is 5.41 Å². The third-order valence-electron chi connectivity index (χ3n) is 16.0. The first-order valence-corrected chi connectivity index (χ1v) is 31.6. The summed E-state index contributed by atoms with van der Waals surface area (Å²) >= 11 is 7.80. The average molecular weight is 1160 g/mol. The molecule has 0 radical (unpaired) electrons. The van der Waals surface area contributed by atoms with Crippen LogP contribution >= 0.6 is 23.4 Å². The van der Waals surface area contributed by atoms with Gasteiger partial charge in [0.15, 0.2) is 0 Å². The van der Waals surface area contributed by atoms with E-state index in [1.165, 1.54) is 53.4 Å². The fourth-order valence-electron chi connectivity index (χ4n) is 11.6. The van der Waals surface area contributed by atoms with Gasteiger partial charge >= 0.3 is 5.51 Å². The van der Waals surface area contributed by atoms with Crippen LogP contribution in [0.1, 0.15) is 67.8 Å². The number of thioether (sulfide) groups is 1. The van der Waals surface area contributed by atoms with Gasteiger partial charge in [-0.15, -0.1) is 11.8 Å². The molecule has 2 N–H and O–H groups in total. The Labute approximate surface area is 468 Å². The summed E-state index contributed by atoms with van der Waals surface area (Å²) in [4.78, 5) is 24.6. The monoisotopic (exact) mass is 1160 g/mol. The molecule has 0 spiro atoms. The number of carbonyl (C=O) groups excluding carboxylic acids is 1. The summed E-state index contributed by atoms with van der Waals surface area (Å²) in [7, 11) is -10.9. The van der Waals surface area contributed by atoms with Gasteiger partial charge in [0, 0.05) is 118 Å². The summed E-state index contributed by atoms with van der Waals surface area (Å²) in [5.74, 6) is -0.654. The van der Waals surface area contributed by atoms with Crippen molar-refractivity contribution in [2.24, 2.45) is 5.41 Å². The summed E-state index contributed by atoms with van der Waals surface area (Å²) < 4.78 is 110. The molecule has 4 aromatic carbocycles. The molecule has 4 aromatic rings. The van der Waals surface area contributed by atoms with Crippen LogP contribution in [0.15, 0.2) is 117 Å². The zero-order chi connectivity index (χ0) is 54.9. The van der Waals surface area contributed by atoms with E-state index >= 15 is 0 Å². The fourth-order valence-corrected chi connectivity index (χ4v) is 14.8. The van der Waals surface area contributed by atoms with Crippen LogP contribution < -0.4 is 14.9 Å². The number of likely N-dealkylation sites (tertiary alicyclic amines) is 1. The van der Waals surface area contributed by atoms with Crippen LogP contribution in [-0.4, -0.2) is 177 Å². The minimum atomic E-state index is -6.07. The van der Waals surface area contributed by atoms with Gasteiger partial charge in [-0.2, -0.15) is 13.2 Å². The van der Waals surface area contributed by atoms with Gasteiger partial charge in [-0.3, -0.25) is 14.6 Å². The molecule has 9 rings (SSSR count). The van der Waals surface area contributed by atoms with Crippen LogP contribution in [0.25, 0.3) is 5.57 Å². The van der Waals surface area contributed by atoms with Gasteiger partial charge in [-0.05, 0) is 141 Å². The number of piperazine rings is 1. The SMILES string of the molecule is C[C@@]1(CN2CCC(N3CCOCC3)CC2)CCC(c2ccc(Cl)cc2)=C(CN2CCN(c3ccc(C(=O)NS(=O)(=O)c4ccc(N[C@H](CCN5CCCOCC5)CSc5ccccc5)c(S(=O)(=O)C(F)(F)F)c4)cc3)CC2)C1. The number of rotatable bonds is 19. The number of ether oxygens (including phenoxy) is 2. The van der Waals surface area contributed by atoms with Crippen molar-refractivity contribution in [2.75, 3.05) is 127 Å². The van der Waals surface area contributed by atoms with Crippen molar-refractivity contribution in [3.63, 3.8) is 0 Å². The number of alkyl halides is 3. The van der Waals surface area contributed by atoms with Gasteiger partial charge in [0.1, 0.15) is 4.90 Å². The number of benzene rings is 4. The predicted molar refractivity (Wildman–Crippen MR) is 303 cm³/mol. The van der Waals surface area contributed by atoms with E-state index in [0.29, 0.717) is 50.6 Å². The maximum Gasteiger partial charge on any atom is 0.501 e. The van der Waals surface area contributed by atoms with Crippen molar-refractivity contribution in [1.29, 1.82) is 0 Å². The fraction of sp³-hybridized carbons (Fsp3) is 0.526. The zero-order valence-electron chi connectivity index (χ0n) is 44.4. The number of nitrogens with one attached hydrogen (secondary N) is 2. The summed E-state index contributed by atoms with van der Waals surface area (Å²) in [5, 5.41) is 3.74. The highest BCUT2D eigenvalue weighted by Crippen LogP contribution is 2.44. The third-order valence-corrected chi connectivity index (χ3v) is 20.3. The Morgan fingerprint density at radius 1 is 0.795 bits per heavy atom. The summed E-state index contributed by atoms with van der Waals surface area (Å²) in [6.45, 7) is 16.7. The number of hydrogen-bond donors (Lipinski definition) is 2. The average Bonchev–Trinajstić information content (AvgIpc) is 3.84. The van der Waals surface area contributed by atoms with E-state index in [9.17, 15) is 34.8 Å². The first-order valence-electron chi connectivity index (χ1n) is 27.3. The molecule has 0 unspecified atom stereocenters. The minimum Gasteiger partial charge on any atom is -0.380 e. The molecular formula is C57H73ClF3N7O7S3. The first kappa shape index (κ1) is 58.4. The number of allylic oxidation sites excluding steroid dienone is 1. The van der Waals surface area contributed by atoms with Crippen LogP contribution in [0.4, 0.5) is 24.5 Å². The Morgan fingerprint density at radius 3 is 2.19 bits per heavy atom. The van der Waals surface area contributed by atoms with Crippen molar-refractivity contribution >= 4 is 66.1 Å². The van der Waals surface area contributed by atoms with Crippen LogP contribution in [-0.2, 0) is 29.3 Å². The second kappa shape index (κ2) is 26.1. The number of carbonyl (C=O) groups is 1. The number of hydrogen-bond acceptors (Lipinski definition) is 14. The molecular weight excluding hydrogens is 1080 g/mol. The molecule has 0 bridgehead atoms. The summed E-state index contributed by atoms with van der Waals surface area (Å²) in [5.41, 5.74) is -1.02. The highest BCUT2D eigenvalue weighted by atomic mass is 35.5. The molecule has 1 amide bonds. The molecule has 424 valence electrons. The Morgan fingerprint density at radius 2 is 1.49 bits per heavy atom. The van der Waals surface area contributed by atoms with E-state index in [1.54, 1.807) is 12.1 Å². The smallest absolute Gasteiger partial charge is 0.380 e. The first-order chi connectivity index (χ1) is 37.4. The standard InChI is InChI=1S/C57H73ClF3N7O7S3/c1-56(42-66-25-20-49(21-26-66)68-32-36-75-37-33-68)22-18-52(43-8-12-46(58)13-9-43)45(39-56)40-65-27-29-67(30-28-65)48-14-10-44(11-15-48)55(69)63-78(72,73)51-16-17-53(54(38-51)77(70,71)57(59,60)61)62-47(41-76-50-6-3-2-4-7-50)19-24-64-23-5-34-74-35-31-64/h2-4,6-17,38,47,49,62H,5,18-37,39-42H2,1H3,(H,63,69)/t47-,56-/m1/s1. The zero-order valence-corrected chi connectivity index (χ0v) is 47.6. The van der Waals surface area contributed by atoms with Crippen LogP contribution in [0.5, 0.6) is 0 Å². The number of nitrogens with zero attached hydrogens (tertiary/aromatic N) is 5. The lowest BCUT2D eigenvalue weighted by Gasteiger charge is -2.45. The number of sulfonamides is 1.